The monoisotopic (exact) mass is 213 g/mol. The molecule has 0 amide bonds. The zero-order valence-corrected chi connectivity index (χ0v) is 9.40. The summed E-state index contributed by atoms with van der Waals surface area (Å²) < 4.78 is 5.30. The molecular formula is C11H19NO3. The number of hydrogen-bond acceptors (Lipinski definition) is 3. The Morgan fingerprint density at radius 1 is 1.53 bits per heavy atom. The van der Waals surface area contributed by atoms with E-state index in [0.29, 0.717) is 19.0 Å². The van der Waals surface area contributed by atoms with Crippen LogP contribution in [0.1, 0.15) is 13.8 Å². The van der Waals surface area contributed by atoms with Crippen molar-refractivity contribution in [3.05, 3.63) is 0 Å². The van der Waals surface area contributed by atoms with Gasteiger partial charge in [-0.2, -0.15) is 0 Å². The molecule has 2 aliphatic heterocycles. The SMILES string of the molecule is CC(C)C1(CN2CC(C(=O)O)C2)COC1. The van der Waals surface area contributed by atoms with Crippen LogP contribution in [0.4, 0.5) is 0 Å². The molecule has 2 aliphatic rings. The number of carboxylic acids is 1. The van der Waals surface area contributed by atoms with Crippen molar-refractivity contribution < 1.29 is 14.6 Å². The van der Waals surface area contributed by atoms with Crippen molar-refractivity contribution in [2.45, 2.75) is 13.8 Å². The first-order valence-corrected chi connectivity index (χ1v) is 5.56. The average Bonchev–Trinajstić information content (AvgIpc) is 1.97. The van der Waals surface area contributed by atoms with E-state index in [1.54, 1.807) is 0 Å². The largest absolute Gasteiger partial charge is 0.481 e. The van der Waals surface area contributed by atoms with E-state index in [1.165, 1.54) is 0 Å². The van der Waals surface area contributed by atoms with Crippen LogP contribution in [0.3, 0.4) is 0 Å². The quantitative estimate of drug-likeness (QED) is 0.746. The summed E-state index contributed by atoms with van der Waals surface area (Å²) >= 11 is 0. The molecule has 0 aromatic heterocycles. The molecule has 1 N–H and O–H groups in total. The maximum atomic E-state index is 10.7. The van der Waals surface area contributed by atoms with Gasteiger partial charge in [-0.05, 0) is 5.92 Å². The van der Waals surface area contributed by atoms with E-state index in [0.717, 1.165) is 19.8 Å². The average molecular weight is 213 g/mol. The van der Waals surface area contributed by atoms with Crippen molar-refractivity contribution in [2.24, 2.45) is 17.3 Å². The van der Waals surface area contributed by atoms with Crippen LogP contribution in [0.15, 0.2) is 0 Å². The Morgan fingerprint density at radius 2 is 2.13 bits per heavy atom. The predicted octanol–water partition coefficient (Wildman–Crippen LogP) is 0.675. The maximum absolute atomic E-state index is 10.7. The lowest BCUT2D eigenvalue weighted by Gasteiger charge is -2.50. The Balaban J connectivity index is 1.81. The fraction of sp³-hybridized carbons (Fsp3) is 0.909. The molecule has 0 saturated carbocycles. The molecule has 2 fully saturated rings. The third kappa shape index (κ3) is 1.88. The number of aliphatic carboxylic acids is 1. The van der Waals surface area contributed by atoms with Crippen molar-refractivity contribution in [3.63, 3.8) is 0 Å². The third-order valence-electron chi connectivity index (χ3n) is 3.85. The molecule has 2 heterocycles. The molecule has 4 nitrogen and oxygen atoms in total. The van der Waals surface area contributed by atoms with Gasteiger partial charge in [-0.1, -0.05) is 13.8 Å². The molecule has 0 bridgehead atoms. The van der Waals surface area contributed by atoms with E-state index in [1.807, 2.05) is 0 Å². The van der Waals surface area contributed by atoms with Crippen LogP contribution in [0.25, 0.3) is 0 Å². The molecular weight excluding hydrogens is 194 g/mol. The Morgan fingerprint density at radius 3 is 2.47 bits per heavy atom. The number of carboxylic acid groups (broad SMARTS) is 1. The third-order valence-corrected chi connectivity index (χ3v) is 3.85. The van der Waals surface area contributed by atoms with Gasteiger partial charge in [0.05, 0.1) is 19.1 Å². The molecule has 0 aromatic rings. The van der Waals surface area contributed by atoms with E-state index in [-0.39, 0.29) is 11.3 Å². The van der Waals surface area contributed by atoms with E-state index < -0.39 is 5.97 Å². The number of likely N-dealkylation sites (tertiary alicyclic amines) is 1. The van der Waals surface area contributed by atoms with Gasteiger partial charge < -0.3 is 14.7 Å². The summed E-state index contributed by atoms with van der Waals surface area (Å²) in [6, 6.07) is 0. The highest BCUT2D eigenvalue weighted by molar-refractivity contribution is 5.71. The van der Waals surface area contributed by atoms with Crippen molar-refractivity contribution in [1.29, 1.82) is 0 Å². The molecule has 2 saturated heterocycles. The second-order valence-corrected chi connectivity index (χ2v) is 5.24. The smallest absolute Gasteiger partial charge is 0.309 e. The minimum Gasteiger partial charge on any atom is -0.481 e. The molecule has 0 radical (unpaired) electrons. The Hall–Kier alpha value is -0.610. The van der Waals surface area contributed by atoms with Crippen LogP contribution in [0, 0.1) is 17.3 Å². The Bertz CT molecular complexity index is 255. The number of rotatable bonds is 4. The van der Waals surface area contributed by atoms with Gasteiger partial charge in [0.15, 0.2) is 0 Å². The summed E-state index contributed by atoms with van der Waals surface area (Å²) in [5, 5.41) is 8.78. The van der Waals surface area contributed by atoms with Gasteiger partial charge >= 0.3 is 5.97 Å². The number of ether oxygens (including phenoxy) is 1. The fourth-order valence-electron chi connectivity index (χ4n) is 2.27. The lowest BCUT2D eigenvalue weighted by Crippen LogP contribution is -2.60. The molecule has 0 aliphatic carbocycles. The van der Waals surface area contributed by atoms with Crippen LogP contribution < -0.4 is 0 Å². The summed E-state index contributed by atoms with van der Waals surface area (Å²) in [5.41, 5.74) is 0.281. The minimum absolute atomic E-state index is 0.143. The lowest BCUT2D eigenvalue weighted by molar-refractivity contribution is -0.168. The predicted molar refractivity (Wildman–Crippen MR) is 55.7 cm³/mol. The summed E-state index contributed by atoms with van der Waals surface area (Å²) in [6.07, 6.45) is 0. The Labute approximate surface area is 90.2 Å². The summed E-state index contributed by atoms with van der Waals surface area (Å²) in [7, 11) is 0. The molecule has 0 atom stereocenters. The maximum Gasteiger partial charge on any atom is 0.309 e. The standard InChI is InChI=1S/C11H19NO3/c1-8(2)11(6-15-7-11)5-12-3-9(4-12)10(13)14/h8-9H,3-7H2,1-2H3,(H,13,14). The number of nitrogens with zero attached hydrogens (tertiary/aromatic N) is 1. The van der Waals surface area contributed by atoms with E-state index in [4.69, 9.17) is 9.84 Å². The van der Waals surface area contributed by atoms with Crippen LogP contribution in [0.5, 0.6) is 0 Å². The van der Waals surface area contributed by atoms with Crippen LogP contribution in [0.2, 0.25) is 0 Å². The fourth-order valence-corrected chi connectivity index (χ4v) is 2.27. The van der Waals surface area contributed by atoms with Crippen LogP contribution in [-0.2, 0) is 9.53 Å². The molecule has 15 heavy (non-hydrogen) atoms. The highest BCUT2D eigenvalue weighted by Crippen LogP contribution is 2.38. The summed E-state index contributed by atoms with van der Waals surface area (Å²) in [6.45, 7) is 8.52. The molecule has 2 rings (SSSR count). The molecule has 86 valence electrons. The zero-order valence-electron chi connectivity index (χ0n) is 9.40. The van der Waals surface area contributed by atoms with E-state index in [9.17, 15) is 4.79 Å². The van der Waals surface area contributed by atoms with E-state index in [2.05, 4.69) is 18.7 Å². The summed E-state index contributed by atoms with van der Waals surface area (Å²) in [5.74, 6) is -0.194. The van der Waals surface area contributed by atoms with Crippen molar-refractivity contribution in [1.82, 2.24) is 4.90 Å². The molecule has 0 spiro atoms. The van der Waals surface area contributed by atoms with Gasteiger partial charge in [-0.15, -0.1) is 0 Å². The second kappa shape index (κ2) is 3.76. The van der Waals surface area contributed by atoms with Crippen LogP contribution >= 0.6 is 0 Å². The van der Waals surface area contributed by atoms with Crippen molar-refractivity contribution in [2.75, 3.05) is 32.8 Å². The molecule has 0 aromatic carbocycles. The topological polar surface area (TPSA) is 49.8 Å². The van der Waals surface area contributed by atoms with Gasteiger partial charge in [0, 0.05) is 25.0 Å². The lowest BCUT2D eigenvalue weighted by atomic mass is 9.74. The number of hydrogen-bond donors (Lipinski definition) is 1. The van der Waals surface area contributed by atoms with Gasteiger partial charge in [0.25, 0.3) is 0 Å². The Kier molecular flexibility index (Phi) is 2.73. The van der Waals surface area contributed by atoms with Gasteiger partial charge in [-0.3, -0.25) is 4.79 Å². The van der Waals surface area contributed by atoms with Crippen molar-refractivity contribution >= 4 is 5.97 Å². The first kappa shape index (κ1) is 10.9. The first-order chi connectivity index (χ1) is 7.03. The van der Waals surface area contributed by atoms with Crippen LogP contribution in [-0.4, -0.2) is 48.8 Å². The van der Waals surface area contributed by atoms with Gasteiger partial charge in [0.1, 0.15) is 0 Å². The first-order valence-electron chi connectivity index (χ1n) is 5.56. The normalized spacial score (nSPS) is 26.1. The second-order valence-electron chi connectivity index (χ2n) is 5.24. The molecule has 4 heteroatoms. The zero-order chi connectivity index (χ0) is 11.1. The summed E-state index contributed by atoms with van der Waals surface area (Å²) in [4.78, 5) is 12.9. The van der Waals surface area contributed by atoms with Crippen molar-refractivity contribution in [3.8, 4) is 0 Å². The minimum atomic E-state index is -0.658. The van der Waals surface area contributed by atoms with E-state index >= 15 is 0 Å². The molecule has 0 unspecified atom stereocenters. The number of carbonyl (C=O) groups is 1. The highest BCUT2D eigenvalue weighted by atomic mass is 16.5. The van der Waals surface area contributed by atoms with Gasteiger partial charge in [-0.25, -0.2) is 0 Å². The highest BCUT2D eigenvalue weighted by Gasteiger charge is 2.45. The van der Waals surface area contributed by atoms with Gasteiger partial charge in [0.2, 0.25) is 0 Å².